The summed E-state index contributed by atoms with van der Waals surface area (Å²) < 4.78 is 6.11. The topological polar surface area (TPSA) is 66.8 Å². The number of piperidine rings is 1. The Hall–Kier alpha value is -1.11. The van der Waals surface area contributed by atoms with Crippen LogP contribution in [0.25, 0.3) is 0 Å². The number of thiophene rings is 1. The maximum Gasteiger partial charge on any atom is 0.305 e. The Morgan fingerprint density at radius 2 is 2.10 bits per heavy atom. The minimum absolute atomic E-state index is 0.00545. The van der Waals surface area contributed by atoms with Crippen LogP contribution >= 0.6 is 22.9 Å². The highest BCUT2D eigenvalue weighted by atomic mass is 35.5. The highest BCUT2D eigenvalue weighted by Gasteiger charge is 2.24. The second-order valence-corrected chi connectivity index (χ2v) is 6.32. The molecule has 1 amide bonds. The molecule has 1 N–H and O–H groups in total. The Labute approximate surface area is 126 Å². The standard InChI is InChI=1S/C13H16ClNO4S/c14-11-2-1-10(20-11)13(18)15-6-3-9(4-7-15)19-8-5-12(16)17/h1-2,9H,3-8H2,(H,16,17). The highest BCUT2D eigenvalue weighted by molar-refractivity contribution is 7.17. The molecule has 2 heterocycles. The summed E-state index contributed by atoms with van der Waals surface area (Å²) in [5.41, 5.74) is 0. The van der Waals surface area contributed by atoms with E-state index in [0.29, 0.717) is 22.3 Å². The van der Waals surface area contributed by atoms with Crippen molar-refractivity contribution in [1.29, 1.82) is 0 Å². The summed E-state index contributed by atoms with van der Waals surface area (Å²) in [6.45, 7) is 1.49. The van der Waals surface area contributed by atoms with E-state index in [2.05, 4.69) is 0 Å². The molecule has 1 aromatic heterocycles. The van der Waals surface area contributed by atoms with E-state index in [1.807, 2.05) is 0 Å². The number of halogens is 1. The van der Waals surface area contributed by atoms with Gasteiger partial charge in [-0.25, -0.2) is 0 Å². The molecule has 5 nitrogen and oxygen atoms in total. The van der Waals surface area contributed by atoms with E-state index in [4.69, 9.17) is 21.4 Å². The fraction of sp³-hybridized carbons (Fsp3) is 0.538. The number of rotatable bonds is 5. The van der Waals surface area contributed by atoms with Crippen LogP contribution in [0.1, 0.15) is 28.9 Å². The summed E-state index contributed by atoms with van der Waals surface area (Å²) in [5, 5.41) is 8.54. The molecule has 1 aromatic rings. The van der Waals surface area contributed by atoms with Crippen LogP contribution < -0.4 is 0 Å². The minimum atomic E-state index is -0.854. The van der Waals surface area contributed by atoms with Crippen molar-refractivity contribution < 1.29 is 19.4 Å². The molecule has 1 fully saturated rings. The average molecular weight is 318 g/mol. The van der Waals surface area contributed by atoms with E-state index in [1.165, 1.54) is 11.3 Å². The molecule has 20 heavy (non-hydrogen) atoms. The van der Waals surface area contributed by atoms with Crippen molar-refractivity contribution in [1.82, 2.24) is 4.90 Å². The SMILES string of the molecule is O=C(O)CCOC1CCN(C(=O)c2ccc(Cl)s2)CC1. The van der Waals surface area contributed by atoms with Gasteiger partial charge in [-0.1, -0.05) is 11.6 Å². The van der Waals surface area contributed by atoms with Crippen molar-refractivity contribution >= 4 is 34.8 Å². The van der Waals surface area contributed by atoms with Gasteiger partial charge in [-0.2, -0.15) is 0 Å². The number of carbonyl (C=O) groups excluding carboxylic acids is 1. The summed E-state index contributed by atoms with van der Waals surface area (Å²) in [5.74, 6) is -0.849. The largest absolute Gasteiger partial charge is 0.481 e. The zero-order chi connectivity index (χ0) is 14.5. The molecule has 0 bridgehead atoms. The Morgan fingerprint density at radius 3 is 2.65 bits per heavy atom. The molecular formula is C13H16ClNO4S. The van der Waals surface area contributed by atoms with Crippen LogP contribution in [0, 0.1) is 0 Å². The van der Waals surface area contributed by atoms with Gasteiger partial charge in [0.1, 0.15) is 0 Å². The fourth-order valence-corrected chi connectivity index (χ4v) is 3.13. The van der Waals surface area contributed by atoms with E-state index in [0.717, 1.165) is 12.8 Å². The van der Waals surface area contributed by atoms with E-state index in [-0.39, 0.29) is 25.0 Å². The van der Waals surface area contributed by atoms with Crippen molar-refractivity contribution in [3.63, 3.8) is 0 Å². The van der Waals surface area contributed by atoms with Crippen LogP contribution in [0.4, 0.5) is 0 Å². The number of carbonyl (C=O) groups is 2. The maximum absolute atomic E-state index is 12.2. The van der Waals surface area contributed by atoms with Gasteiger partial charge in [-0.3, -0.25) is 9.59 Å². The lowest BCUT2D eigenvalue weighted by Gasteiger charge is -2.31. The second-order valence-electron chi connectivity index (χ2n) is 4.61. The summed E-state index contributed by atoms with van der Waals surface area (Å²) in [6.07, 6.45) is 1.55. The molecule has 2 rings (SSSR count). The third-order valence-corrected chi connectivity index (χ3v) is 4.40. The lowest BCUT2D eigenvalue weighted by atomic mass is 10.1. The molecule has 0 radical (unpaired) electrons. The van der Waals surface area contributed by atoms with Gasteiger partial charge < -0.3 is 14.7 Å². The van der Waals surface area contributed by atoms with E-state index in [9.17, 15) is 9.59 Å². The smallest absolute Gasteiger partial charge is 0.305 e. The molecule has 1 aliphatic heterocycles. The molecule has 0 spiro atoms. The summed E-state index contributed by atoms with van der Waals surface area (Å²) in [7, 11) is 0. The molecule has 0 aliphatic carbocycles. The summed E-state index contributed by atoms with van der Waals surface area (Å²) >= 11 is 7.11. The third kappa shape index (κ3) is 4.19. The summed E-state index contributed by atoms with van der Waals surface area (Å²) in [6, 6.07) is 3.46. The zero-order valence-electron chi connectivity index (χ0n) is 10.9. The number of carboxylic acid groups (broad SMARTS) is 1. The number of carboxylic acids is 1. The number of aliphatic carboxylic acids is 1. The molecule has 0 saturated carbocycles. The number of amides is 1. The first kappa shape index (κ1) is 15.3. The first-order chi connectivity index (χ1) is 9.56. The molecule has 0 aromatic carbocycles. The molecular weight excluding hydrogens is 302 g/mol. The zero-order valence-corrected chi connectivity index (χ0v) is 12.5. The number of nitrogens with zero attached hydrogens (tertiary/aromatic N) is 1. The van der Waals surface area contributed by atoms with Crippen LogP contribution in [0.15, 0.2) is 12.1 Å². The van der Waals surface area contributed by atoms with Crippen LogP contribution in [-0.4, -0.2) is 47.7 Å². The Morgan fingerprint density at radius 1 is 1.40 bits per heavy atom. The molecule has 110 valence electrons. The predicted octanol–water partition coefficient (Wildman–Crippen LogP) is 2.50. The molecule has 0 atom stereocenters. The van der Waals surface area contributed by atoms with Gasteiger partial charge in [0, 0.05) is 13.1 Å². The highest BCUT2D eigenvalue weighted by Crippen LogP contribution is 2.24. The van der Waals surface area contributed by atoms with E-state index >= 15 is 0 Å². The van der Waals surface area contributed by atoms with Crippen LogP contribution in [0.3, 0.4) is 0 Å². The van der Waals surface area contributed by atoms with Gasteiger partial charge in [-0.15, -0.1) is 11.3 Å². The molecule has 1 saturated heterocycles. The van der Waals surface area contributed by atoms with Gasteiger partial charge in [-0.05, 0) is 25.0 Å². The molecule has 0 unspecified atom stereocenters. The molecule has 1 aliphatic rings. The number of hydrogen-bond donors (Lipinski definition) is 1. The van der Waals surface area contributed by atoms with Crippen LogP contribution in [0.2, 0.25) is 4.34 Å². The first-order valence-electron chi connectivity index (χ1n) is 6.44. The van der Waals surface area contributed by atoms with Gasteiger partial charge in [0.25, 0.3) is 5.91 Å². The van der Waals surface area contributed by atoms with Gasteiger partial charge >= 0.3 is 5.97 Å². The maximum atomic E-state index is 12.2. The third-order valence-electron chi connectivity index (χ3n) is 3.18. The molecule has 7 heteroatoms. The Balaban J connectivity index is 1.76. The van der Waals surface area contributed by atoms with Gasteiger partial charge in [0.05, 0.1) is 28.3 Å². The van der Waals surface area contributed by atoms with E-state index in [1.54, 1.807) is 17.0 Å². The summed E-state index contributed by atoms with van der Waals surface area (Å²) in [4.78, 5) is 25.0. The van der Waals surface area contributed by atoms with Gasteiger partial charge in [0.15, 0.2) is 0 Å². The lowest BCUT2D eigenvalue weighted by Crippen LogP contribution is -2.40. The lowest BCUT2D eigenvalue weighted by molar-refractivity contribution is -0.138. The minimum Gasteiger partial charge on any atom is -0.481 e. The van der Waals surface area contributed by atoms with Crippen molar-refractivity contribution in [3.8, 4) is 0 Å². The van der Waals surface area contributed by atoms with Crippen LogP contribution in [0.5, 0.6) is 0 Å². The Bertz CT molecular complexity index is 482. The van der Waals surface area contributed by atoms with Crippen LogP contribution in [-0.2, 0) is 9.53 Å². The second kappa shape index (κ2) is 7.06. The van der Waals surface area contributed by atoms with E-state index < -0.39 is 5.97 Å². The van der Waals surface area contributed by atoms with Crippen molar-refractivity contribution in [2.45, 2.75) is 25.4 Å². The number of likely N-dealkylation sites (tertiary alicyclic amines) is 1. The predicted molar refractivity (Wildman–Crippen MR) is 76.5 cm³/mol. The number of hydrogen-bond acceptors (Lipinski definition) is 4. The number of ether oxygens (including phenoxy) is 1. The normalized spacial score (nSPS) is 16.4. The van der Waals surface area contributed by atoms with Crippen molar-refractivity contribution in [2.75, 3.05) is 19.7 Å². The first-order valence-corrected chi connectivity index (χ1v) is 7.63. The monoisotopic (exact) mass is 317 g/mol. The fourth-order valence-electron chi connectivity index (χ4n) is 2.12. The van der Waals surface area contributed by atoms with Crippen molar-refractivity contribution in [2.24, 2.45) is 0 Å². The Kier molecular flexibility index (Phi) is 5.39. The van der Waals surface area contributed by atoms with Gasteiger partial charge in [0.2, 0.25) is 0 Å². The van der Waals surface area contributed by atoms with Crippen molar-refractivity contribution in [3.05, 3.63) is 21.3 Å². The average Bonchev–Trinajstić information content (AvgIpc) is 2.85. The quantitative estimate of drug-likeness (QED) is 0.906.